The maximum Gasteiger partial charge on any atom is 0.223 e. The molecule has 2 aliphatic heterocycles. The average molecular weight is 268 g/mol. The number of nitrogens with two attached hydrogens (primary N) is 1. The molecular weight excluding hydrogens is 240 g/mol. The maximum absolute atomic E-state index is 12.4. The molecule has 2 heterocycles. The van der Waals surface area contributed by atoms with Crippen molar-refractivity contribution in [2.75, 3.05) is 19.8 Å². The van der Waals surface area contributed by atoms with Gasteiger partial charge in [-0.1, -0.05) is 0 Å². The van der Waals surface area contributed by atoms with Crippen LogP contribution in [0.4, 0.5) is 0 Å². The van der Waals surface area contributed by atoms with E-state index >= 15 is 0 Å². The van der Waals surface area contributed by atoms with Crippen LogP contribution in [-0.2, 0) is 9.53 Å². The zero-order chi connectivity index (χ0) is 13.9. The Morgan fingerprint density at radius 2 is 2.00 bits per heavy atom. The molecule has 0 aromatic carbocycles. The first kappa shape index (κ1) is 14.8. The topological polar surface area (TPSA) is 55.6 Å². The van der Waals surface area contributed by atoms with Gasteiger partial charge in [-0.3, -0.25) is 4.79 Å². The van der Waals surface area contributed by atoms with E-state index in [2.05, 4.69) is 13.8 Å². The van der Waals surface area contributed by atoms with Gasteiger partial charge in [-0.05, 0) is 51.9 Å². The molecule has 0 saturated carbocycles. The van der Waals surface area contributed by atoms with Crippen LogP contribution in [0.1, 0.15) is 52.4 Å². The summed E-state index contributed by atoms with van der Waals surface area (Å²) in [5.74, 6) is 0.950. The van der Waals surface area contributed by atoms with Gasteiger partial charge in [0, 0.05) is 37.8 Å². The minimum Gasteiger partial charge on any atom is -0.381 e. The molecule has 110 valence electrons. The lowest BCUT2D eigenvalue weighted by molar-refractivity contribution is -0.139. The number of amides is 1. The minimum atomic E-state index is -0.0252. The van der Waals surface area contributed by atoms with Gasteiger partial charge in [-0.25, -0.2) is 0 Å². The predicted molar refractivity (Wildman–Crippen MR) is 75.8 cm³/mol. The summed E-state index contributed by atoms with van der Waals surface area (Å²) in [6, 6.07) is 0.153. The highest BCUT2D eigenvalue weighted by atomic mass is 16.5. The van der Waals surface area contributed by atoms with Crippen molar-refractivity contribution in [1.82, 2.24) is 4.90 Å². The number of nitrogens with zero attached hydrogens (tertiary/aromatic N) is 1. The molecule has 1 atom stereocenters. The van der Waals surface area contributed by atoms with Crippen LogP contribution in [0.15, 0.2) is 0 Å². The van der Waals surface area contributed by atoms with Gasteiger partial charge < -0.3 is 15.4 Å². The number of likely N-dealkylation sites (tertiary alicyclic amines) is 1. The van der Waals surface area contributed by atoms with Crippen molar-refractivity contribution in [3.05, 3.63) is 0 Å². The third-order valence-corrected chi connectivity index (χ3v) is 4.68. The average Bonchev–Trinajstić information content (AvgIpc) is 2.40. The summed E-state index contributed by atoms with van der Waals surface area (Å²) in [6.07, 6.45) is 5.92. The molecule has 0 spiro atoms. The molecule has 2 N–H and O–H groups in total. The van der Waals surface area contributed by atoms with Gasteiger partial charge in [0.25, 0.3) is 0 Å². The van der Waals surface area contributed by atoms with E-state index in [0.717, 1.165) is 51.9 Å². The van der Waals surface area contributed by atoms with Gasteiger partial charge >= 0.3 is 0 Å². The quantitative estimate of drug-likeness (QED) is 0.851. The van der Waals surface area contributed by atoms with Crippen molar-refractivity contribution in [2.24, 2.45) is 11.7 Å². The van der Waals surface area contributed by atoms with Gasteiger partial charge in [0.1, 0.15) is 0 Å². The Hall–Kier alpha value is -0.610. The number of rotatable bonds is 3. The summed E-state index contributed by atoms with van der Waals surface area (Å²) in [5.41, 5.74) is 5.99. The molecule has 19 heavy (non-hydrogen) atoms. The number of hydrogen-bond acceptors (Lipinski definition) is 3. The van der Waals surface area contributed by atoms with Crippen molar-refractivity contribution < 1.29 is 9.53 Å². The van der Waals surface area contributed by atoms with E-state index in [0.29, 0.717) is 12.3 Å². The van der Waals surface area contributed by atoms with Crippen LogP contribution in [-0.4, -0.2) is 42.1 Å². The fourth-order valence-corrected chi connectivity index (χ4v) is 3.18. The molecule has 2 aliphatic rings. The Labute approximate surface area is 116 Å². The molecular formula is C15H28N2O2. The normalized spacial score (nSPS) is 28.4. The number of carbonyl (C=O) groups is 1. The summed E-state index contributed by atoms with van der Waals surface area (Å²) in [5, 5.41) is 0. The molecule has 1 amide bonds. The second-order valence-electron chi connectivity index (χ2n) is 6.71. The first-order valence-electron chi connectivity index (χ1n) is 7.63. The standard InChI is InChI=1S/C15H28N2O2/c1-15(2)8-5-13(16)11-17(15)14(18)4-3-12-6-9-19-10-7-12/h12-13H,3-11,16H2,1-2H3. The molecule has 4 nitrogen and oxygen atoms in total. The lowest BCUT2D eigenvalue weighted by Gasteiger charge is -2.45. The first-order valence-corrected chi connectivity index (χ1v) is 7.63. The first-order chi connectivity index (χ1) is 8.99. The van der Waals surface area contributed by atoms with Crippen LogP contribution in [0.2, 0.25) is 0 Å². The minimum absolute atomic E-state index is 0.0252. The highest BCUT2D eigenvalue weighted by molar-refractivity contribution is 5.77. The van der Waals surface area contributed by atoms with Crippen molar-refractivity contribution in [3.63, 3.8) is 0 Å². The van der Waals surface area contributed by atoms with E-state index in [1.54, 1.807) is 0 Å². The Morgan fingerprint density at radius 1 is 1.32 bits per heavy atom. The number of ether oxygens (including phenoxy) is 1. The Bertz CT molecular complexity index is 311. The van der Waals surface area contributed by atoms with Gasteiger partial charge in [-0.2, -0.15) is 0 Å². The van der Waals surface area contributed by atoms with Gasteiger partial charge in [0.2, 0.25) is 5.91 Å². The smallest absolute Gasteiger partial charge is 0.223 e. The van der Waals surface area contributed by atoms with Crippen LogP contribution < -0.4 is 5.73 Å². The number of hydrogen-bond donors (Lipinski definition) is 1. The van der Waals surface area contributed by atoms with Gasteiger partial charge in [-0.15, -0.1) is 0 Å². The number of piperidine rings is 1. The SMILES string of the molecule is CC1(C)CCC(N)CN1C(=O)CCC1CCOCC1. The lowest BCUT2D eigenvalue weighted by atomic mass is 9.87. The van der Waals surface area contributed by atoms with Crippen molar-refractivity contribution >= 4 is 5.91 Å². The van der Waals surface area contributed by atoms with Crippen LogP contribution >= 0.6 is 0 Å². The van der Waals surface area contributed by atoms with E-state index in [1.165, 1.54) is 0 Å². The monoisotopic (exact) mass is 268 g/mol. The molecule has 0 aromatic heterocycles. The number of carbonyl (C=O) groups excluding carboxylic acids is 1. The third kappa shape index (κ3) is 3.93. The summed E-state index contributed by atoms with van der Waals surface area (Å²) >= 11 is 0. The Morgan fingerprint density at radius 3 is 2.68 bits per heavy atom. The zero-order valence-corrected chi connectivity index (χ0v) is 12.4. The molecule has 0 aromatic rings. The van der Waals surface area contributed by atoms with Crippen LogP contribution in [0.5, 0.6) is 0 Å². The van der Waals surface area contributed by atoms with E-state index in [1.807, 2.05) is 4.90 Å². The van der Waals surface area contributed by atoms with Crippen LogP contribution in [0.25, 0.3) is 0 Å². The third-order valence-electron chi connectivity index (χ3n) is 4.68. The molecule has 0 aliphatic carbocycles. The summed E-state index contributed by atoms with van der Waals surface area (Å²) in [7, 11) is 0. The maximum atomic E-state index is 12.4. The summed E-state index contributed by atoms with van der Waals surface area (Å²) < 4.78 is 5.36. The second-order valence-corrected chi connectivity index (χ2v) is 6.71. The van der Waals surface area contributed by atoms with Gasteiger partial charge in [0.15, 0.2) is 0 Å². The molecule has 4 heteroatoms. The second kappa shape index (κ2) is 6.23. The van der Waals surface area contributed by atoms with Crippen LogP contribution in [0, 0.1) is 5.92 Å². The predicted octanol–water partition coefficient (Wildman–Crippen LogP) is 1.92. The van der Waals surface area contributed by atoms with E-state index in [-0.39, 0.29) is 17.5 Å². The lowest BCUT2D eigenvalue weighted by Crippen LogP contribution is -2.56. The van der Waals surface area contributed by atoms with E-state index in [9.17, 15) is 4.79 Å². The highest BCUT2D eigenvalue weighted by Gasteiger charge is 2.35. The van der Waals surface area contributed by atoms with E-state index < -0.39 is 0 Å². The Balaban J connectivity index is 1.83. The highest BCUT2D eigenvalue weighted by Crippen LogP contribution is 2.29. The van der Waals surface area contributed by atoms with Crippen molar-refractivity contribution in [1.29, 1.82) is 0 Å². The molecule has 2 fully saturated rings. The fraction of sp³-hybridized carbons (Fsp3) is 0.933. The molecule has 2 rings (SSSR count). The molecule has 2 saturated heterocycles. The molecule has 0 bridgehead atoms. The largest absolute Gasteiger partial charge is 0.381 e. The van der Waals surface area contributed by atoms with Gasteiger partial charge in [0.05, 0.1) is 0 Å². The van der Waals surface area contributed by atoms with Crippen LogP contribution in [0.3, 0.4) is 0 Å². The molecule has 1 unspecified atom stereocenters. The zero-order valence-electron chi connectivity index (χ0n) is 12.4. The molecule has 0 radical (unpaired) electrons. The summed E-state index contributed by atoms with van der Waals surface area (Å²) in [6.45, 7) is 6.76. The Kier molecular flexibility index (Phi) is 4.85. The van der Waals surface area contributed by atoms with E-state index in [4.69, 9.17) is 10.5 Å². The summed E-state index contributed by atoms with van der Waals surface area (Å²) in [4.78, 5) is 14.5. The van der Waals surface area contributed by atoms with Crippen molar-refractivity contribution in [3.8, 4) is 0 Å². The fourth-order valence-electron chi connectivity index (χ4n) is 3.18. The van der Waals surface area contributed by atoms with Crippen molar-refractivity contribution in [2.45, 2.75) is 64.0 Å².